The number of nitrogens with zero attached hydrogens (tertiary/aromatic N) is 1. The maximum absolute atomic E-state index is 5.82. The molecule has 1 unspecified atom stereocenters. The zero-order chi connectivity index (χ0) is 13.8. The topological polar surface area (TPSA) is 29.3 Å². The fourth-order valence-corrected chi connectivity index (χ4v) is 2.14. The molecule has 2 N–H and O–H groups in total. The minimum absolute atomic E-state index is 0.209. The number of hydrogen-bond acceptors (Lipinski definition) is 2. The van der Waals surface area contributed by atoms with Crippen molar-refractivity contribution in [3.63, 3.8) is 0 Å². The van der Waals surface area contributed by atoms with E-state index in [1.165, 1.54) is 22.5 Å². The third-order valence-corrected chi connectivity index (χ3v) is 3.30. The quantitative estimate of drug-likeness (QED) is 0.902. The highest BCUT2D eigenvalue weighted by molar-refractivity contribution is 5.62. The Hall–Kier alpha value is -1.80. The molecule has 0 aliphatic heterocycles. The molecule has 19 heavy (non-hydrogen) atoms. The lowest BCUT2D eigenvalue weighted by molar-refractivity contribution is 0.738. The van der Waals surface area contributed by atoms with Crippen LogP contribution in [0.3, 0.4) is 0 Å². The first-order chi connectivity index (χ1) is 9.06. The van der Waals surface area contributed by atoms with Crippen molar-refractivity contribution < 1.29 is 0 Å². The first kappa shape index (κ1) is 13.6. The standard InChI is InChI=1S/C17H22N2/c1-13-4-8-16(9-5-13)19(3)17-10-6-15(7-11-17)12-14(2)18/h4-11,14H,12,18H2,1-3H3. The van der Waals surface area contributed by atoms with Gasteiger partial charge >= 0.3 is 0 Å². The zero-order valence-corrected chi connectivity index (χ0v) is 11.9. The number of nitrogens with two attached hydrogens (primary N) is 1. The second-order valence-corrected chi connectivity index (χ2v) is 5.24. The predicted molar refractivity (Wildman–Crippen MR) is 83.0 cm³/mol. The number of aryl methyl sites for hydroxylation is 1. The summed E-state index contributed by atoms with van der Waals surface area (Å²) in [6.45, 7) is 4.14. The Morgan fingerprint density at radius 2 is 1.42 bits per heavy atom. The van der Waals surface area contributed by atoms with E-state index in [1.54, 1.807) is 0 Å². The Balaban J connectivity index is 2.15. The fourth-order valence-electron chi connectivity index (χ4n) is 2.14. The highest BCUT2D eigenvalue weighted by Gasteiger charge is 2.04. The summed E-state index contributed by atoms with van der Waals surface area (Å²) in [4.78, 5) is 2.19. The Morgan fingerprint density at radius 3 is 1.89 bits per heavy atom. The minimum atomic E-state index is 0.209. The Bertz CT molecular complexity index is 512. The van der Waals surface area contributed by atoms with E-state index < -0.39 is 0 Å². The van der Waals surface area contributed by atoms with Gasteiger partial charge in [-0.05, 0) is 50.1 Å². The van der Waals surface area contributed by atoms with Gasteiger partial charge in [0.25, 0.3) is 0 Å². The summed E-state index contributed by atoms with van der Waals surface area (Å²) in [6, 6.07) is 17.4. The molecule has 2 nitrogen and oxygen atoms in total. The van der Waals surface area contributed by atoms with E-state index in [0.29, 0.717) is 0 Å². The van der Waals surface area contributed by atoms with Crippen LogP contribution in [0.4, 0.5) is 11.4 Å². The second kappa shape index (κ2) is 5.89. The first-order valence-corrected chi connectivity index (χ1v) is 6.71. The normalized spacial score (nSPS) is 12.2. The van der Waals surface area contributed by atoms with Crippen molar-refractivity contribution in [1.29, 1.82) is 0 Å². The van der Waals surface area contributed by atoms with Gasteiger partial charge in [0.1, 0.15) is 0 Å². The van der Waals surface area contributed by atoms with Gasteiger partial charge in [-0.2, -0.15) is 0 Å². The van der Waals surface area contributed by atoms with Crippen molar-refractivity contribution in [1.82, 2.24) is 0 Å². The third kappa shape index (κ3) is 3.58. The summed E-state index contributed by atoms with van der Waals surface area (Å²) in [6.07, 6.45) is 0.925. The number of rotatable bonds is 4. The van der Waals surface area contributed by atoms with Crippen LogP contribution in [0.1, 0.15) is 18.1 Å². The monoisotopic (exact) mass is 254 g/mol. The lowest BCUT2D eigenvalue weighted by atomic mass is 10.1. The summed E-state index contributed by atoms with van der Waals surface area (Å²) in [5, 5.41) is 0. The van der Waals surface area contributed by atoms with Gasteiger partial charge in [-0.3, -0.25) is 0 Å². The molecule has 2 rings (SSSR count). The van der Waals surface area contributed by atoms with Crippen LogP contribution < -0.4 is 10.6 Å². The molecule has 0 saturated heterocycles. The molecular formula is C17H22N2. The molecule has 0 aliphatic rings. The van der Waals surface area contributed by atoms with Gasteiger partial charge in [-0.25, -0.2) is 0 Å². The maximum atomic E-state index is 5.82. The second-order valence-electron chi connectivity index (χ2n) is 5.24. The van der Waals surface area contributed by atoms with E-state index in [4.69, 9.17) is 5.73 Å². The van der Waals surface area contributed by atoms with Gasteiger partial charge in [-0.15, -0.1) is 0 Å². The fraction of sp³-hybridized carbons (Fsp3) is 0.294. The van der Waals surface area contributed by atoms with Crippen LogP contribution >= 0.6 is 0 Å². The summed E-state index contributed by atoms with van der Waals surface area (Å²) in [7, 11) is 2.09. The summed E-state index contributed by atoms with van der Waals surface area (Å²) < 4.78 is 0. The summed E-state index contributed by atoms with van der Waals surface area (Å²) in [5.41, 5.74) is 10.8. The van der Waals surface area contributed by atoms with Crippen LogP contribution in [-0.2, 0) is 6.42 Å². The average Bonchev–Trinajstić information content (AvgIpc) is 2.39. The van der Waals surface area contributed by atoms with Crippen molar-refractivity contribution in [3.05, 3.63) is 59.7 Å². The molecule has 0 bridgehead atoms. The van der Waals surface area contributed by atoms with Crippen LogP contribution in [-0.4, -0.2) is 13.1 Å². The van der Waals surface area contributed by atoms with Crippen molar-refractivity contribution in [2.45, 2.75) is 26.3 Å². The molecule has 0 aromatic heterocycles. The van der Waals surface area contributed by atoms with Gasteiger partial charge in [0.15, 0.2) is 0 Å². The molecule has 1 atom stereocenters. The number of benzene rings is 2. The predicted octanol–water partition coefficient (Wildman–Crippen LogP) is 3.65. The molecule has 0 spiro atoms. The zero-order valence-electron chi connectivity index (χ0n) is 11.9. The molecule has 2 aromatic carbocycles. The van der Waals surface area contributed by atoms with Gasteiger partial charge < -0.3 is 10.6 Å². The van der Waals surface area contributed by atoms with Crippen LogP contribution in [0.15, 0.2) is 48.5 Å². The van der Waals surface area contributed by atoms with Crippen LogP contribution in [0, 0.1) is 6.92 Å². The average molecular weight is 254 g/mol. The van der Waals surface area contributed by atoms with Crippen LogP contribution in [0.5, 0.6) is 0 Å². The van der Waals surface area contributed by atoms with E-state index >= 15 is 0 Å². The van der Waals surface area contributed by atoms with Crippen LogP contribution in [0.2, 0.25) is 0 Å². The number of anilines is 2. The van der Waals surface area contributed by atoms with Crippen molar-refractivity contribution in [3.8, 4) is 0 Å². The third-order valence-electron chi connectivity index (χ3n) is 3.30. The van der Waals surface area contributed by atoms with E-state index in [1.807, 2.05) is 6.92 Å². The Kier molecular flexibility index (Phi) is 4.23. The molecule has 0 aliphatic carbocycles. The molecule has 100 valence electrons. The van der Waals surface area contributed by atoms with Gasteiger partial charge in [0, 0.05) is 24.5 Å². The molecule has 0 fully saturated rings. The molecule has 0 heterocycles. The van der Waals surface area contributed by atoms with Crippen LogP contribution in [0.25, 0.3) is 0 Å². The largest absolute Gasteiger partial charge is 0.345 e. The molecule has 2 heteroatoms. The Morgan fingerprint density at radius 1 is 0.947 bits per heavy atom. The minimum Gasteiger partial charge on any atom is -0.345 e. The lowest BCUT2D eigenvalue weighted by Gasteiger charge is -2.20. The van der Waals surface area contributed by atoms with Crippen molar-refractivity contribution in [2.24, 2.45) is 5.73 Å². The molecule has 0 amide bonds. The molecule has 2 aromatic rings. The molecular weight excluding hydrogens is 232 g/mol. The van der Waals surface area contributed by atoms with Crippen molar-refractivity contribution in [2.75, 3.05) is 11.9 Å². The SMILES string of the molecule is Cc1ccc(N(C)c2ccc(CC(C)N)cc2)cc1. The maximum Gasteiger partial charge on any atom is 0.0408 e. The Labute approximate surface area is 115 Å². The van der Waals surface area contributed by atoms with E-state index in [9.17, 15) is 0 Å². The highest BCUT2D eigenvalue weighted by Crippen LogP contribution is 2.24. The molecule has 0 saturated carbocycles. The van der Waals surface area contributed by atoms with E-state index in [0.717, 1.165) is 6.42 Å². The number of hydrogen-bond donors (Lipinski definition) is 1. The smallest absolute Gasteiger partial charge is 0.0408 e. The highest BCUT2D eigenvalue weighted by atomic mass is 15.1. The van der Waals surface area contributed by atoms with Gasteiger partial charge in [-0.1, -0.05) is 29.8 Å². The summed E-state index contributed by atoms with van der Waals surface area (Å²) in [5.74, 6) is 0. The van der Waals surface area contributed by atoms with Crippen molar-refractivity contribution >= 4 is 11.4 Å². The van der Waals surface area contributed by atoms with E-state index in [2.05, 4.69) is 67.4 Å². The molecule has 0 radical (unpaired) electrons. The van der Waals surface area contributed by atoms with Gasteiger partial charge in [0.2, 0.25) is 0 Å². The van der Waals surface area contributed by atoms with Gasteiger partial charge in [0.05, 0.1) is 0 Å². The first-order valence-electron chi connectivity index (χ1n) is 6.71. The lowest BCUT2D eigenvalue weighted by Crippen LogP contribution is -2.17. The van der Waals surface area contributed by atoms with E-state index in [-0.39, 0.29) is 6.04 Å². The summed E-state index contributed by atoms with van der Waals surface area (Å²) >= 11 is 0.